The Hall–Kier alpha value is -0.790. The molecule has 3 heterocycles. The summed E-state index contributed by atoms with van der Waals surface area (Å²) in [4.78, 5) is 8.21. The summed E-state index contributed by atoms with van der Waals surface area (Å²) in [5.74, 6) is 0. The molecule has 1 aliphatic rings. The lowest BCUT2D eigenvalue weighted by Crippen LogP contribution is -2.44. The van der Waals surface area contributed by atoms with Crippen molar-refractivity contribution in [1.29, 1.82) is 0 Å². The van der Waals surface area contributed by atoms with E-state index >= 15 is 0 Å². The summed E-state index contributed by atoms with van der Waals surface area (Å²) in [5.41, 5.74) is 6.89. The monoisotopic (exact) mass is 295 g/mol. The molecule has 1 saturated heterocycles. The predicted octanol–water partition coefficient (Wildman–Crippen LogP) is 2.03. The van der Waals surface area contributed by atoms with Gasteiger partial charge in [-0.2, -0.15) is 11.3 Å². The summed E-state index contributed by atoms with van der Waals surface area (Å²) in [6.07, 6.45) is 2.17. The molecule has 0 aliphatic carbocycles. The topological polar surface area (TPSA) is 51.4 Å². The van der Waals surface area contributed by atoms with E-state index in [1.165, 1.54) is 10.4 Å². The van der Waals surface area contributed by atoms with Gasteiger partial charge >= 0.3 is 0 Å². The fourth-order valence-corrected chi connectivity index (χ4v) is 3.85. The molecule has 6 heteroatoms. The number of hydrogen-bond acceptors (Lipinski definition) is 6. The summed E-state index contributed by atoms with van der Waals surface area (Å²) >= 11 is 3.48. The third-order valence-corrected chi connectivity index (χ3v) is 4.90. The van der Waals surface area contributed by atoms with Crippen LogP contribution in [0.4, 0.5) is 0 Å². The minimum absolute atomic E-state index is 0.179. The quantitative estimate of drug-likeness (QED) is 0.938. The largest absolute Gasteiger partial charge is 0.374 e. The molecule has 0 radical (unpaired) electrons. The SMILES string of the molecule is NCC1CN(Cc2cnc(-c3ccsc3)s2)CCO1. The van der Waals surface area contributed by atoms with Gasteiger partial charge in [0.25, 0.3) is 0 Å². The van der Waals surface area contributed by atoms with Gasteiger partial charge in [0, 0.05) is 48.2 Å². The van der Waals surface area contributed by atoms with Crippen LogP contribution in [0.15, 0.2) is 23.0 Å². The van der Waals surface area contributed by atoms with Crippen molar-refractivity contribution in [3.63, 3.8) is 0 Å². The van der Waals surface area contributed by atoms with Crippen LogP contribution in [0.25, 0.3) is 10.6 Å². The van der Waals surface area contributed by atoms with Crippen molar-refractivity contribution in [3.8, 4) is 10.6 Å². The standard InChI is InChI=1S/C13H17N3OS2/c14-5-11-7-16(2-3-17-11)8-12-6-15-13(19-12)10-1-4-18-9-10/h1,4,6,9,11H,2-3,5,7-8,14H2. The molecule has 0 bridgehead atoms. The van der Waals surface area contributed by atoms with Gasteiger partial charge in [0.05, 0.1) is 12.7 Å². The van der Waals surface area contributed by atoms with Gasteiger partial charge < -0.3 is 10.5 Å². The van der Waals surface area contributed by atoms with Crippen molar-refractivity contribution in [1.82, 2.24) is 9.88 Å². The van der Waals surface area contributed by atoms with Crippen LogP contribution in [-0.2, 0) is 11.3 Å². The van der Waals surface area contributed by atoms with E-state index in [2.05, 4.69) is 26.7 Å². The van der Waals surface area contributed by atoms with Gasteiger partial charge in [-0.3, -0.25) is 4.90 Å². The van der Waals surface area contributed by atoms with E-state index in [4.69, 9.17) is 10.5 Å². The average Bonchev–Trinajstić information content (AvgIpc) is 3.09. The maximum Gasteiger partial charge on any atom is 0.124 e. The molecule has 4 nitrogen and oxygen atoms in total. The second-order valence-electron chi connectivity index (χ2n) is 4.61. The molecule has 102 valence electrons. The van der Waals surface area contributed by atoms with Crippen LogP contribution >= 0.6 is 22.7 Å². The number of ether oxygens (including phenoxy) is 1. The first-order valence-corrected chi connectivity index (χ1v) is 8.12. The summed E-state index contributed by atoms with van der Waals surface area (Å²) < 4.78 is 5.58. The highest BCUT2D eigenvalue weighted by molar-refractivity contribution is 7.15. The van der Waals surface area contributed by atoms with Crippen LogP contribution in [0.3, 0.4) is 0 Å². The second kappa shape index (κ2) is 6.11. The first-order valence-electron chi connectivity index (χ1n) is 6.36. The van der Waals surface area contributed by atoms with Gasteiger partial charge in [-0.1, -0.05) is 0 Å². The fourth-order valence-electron chi connectivity index (χ4n) is 2.19. The minimum Gasteiger partial charge on any atom is -0.374 e. The van der Waals surface area contributed by atoms with Gasteiger partial charge in [-0.15, -0.1) is 11.3 Å². The normalized spacial score (nSPS) is 20.8. The van der Waals surface area contributed by atoms with E-state index in [9.17, 15) is 0 Å². The third-order valence-electron chi connectivity index (χ3n) is 3.19. The lowest BCUT2D eigenvalue weighted by Gasteiger charge is -2.31. The number of morpholine rings is 1. The van der Waals surface area contributed by atoms with Crippen molar-refractivity contribution in [2.75, 3.05) is 26.2 Å². The average molecular weight is 295 g/mol. The predicted molar refractivity (Wildman–Crippen MR) is 79.5 cm³/mol. The molecule has 1 aliphatic heterocycles. The van der Waals surface area contributed by atoms with Crippen LogP contribution in [0.1, 0.15) is 4.88 Å². The highest BCUT2D eigenvalue weighted by atomic mass is 32.1. The van der Waals surface area contributed by atoms with Crippen molar-refractivity contribution < 1.29 is 4.74 Å². The Labute approximate surface area is 120 Å². The Bertz CT molecular complexity index is 512. The summed E-state index contributed by atoms with van der Waals surface area (Å²) in [6, 6.07) is 2.12. The Morgan fingerprint density at radius 1 is 1.53 bits per heavy atom. The molecule has 1 unspecified atom stereocenters. The molecule has 0 aromatic carbocycles. The van der Waals surface area contributed by atoms with E-state index in [1.807, 2.05) is 6.20 Å². The zero-order valence-electron chi connectivity index (χ0n) is 10.6. The summed E-state index contributed by atoms with van der Waals surface area (Å²) in [6.45, 7) is 4.21. The van der Waals surface area contributed by atoms with Crippen LogP contribution in [0.2, 0.25) is 0 Å². The van der Waals surface area contributed by atoms with Crippen molar-refractivity contribution in [2.45, 2.75) is 12.6 Å². The second-order valence-corrected chi connectivity index (χ2v) is 6.50. The molecule has 2 aromatic rings. The van der Waals surface area contributed by atoms with Crippen LogP contribution in [0, 0.1) is 0 Å². The van der Waals surface area contributed by atoms with E-state index in [0.29, 0.717) is 6.54 Å². The highest BCUT2D eigenvalue weighted by Crippen LogP contribution is 2.27. The number of thiophene rings is 1. The maximum absolute atomic E-state index is 5.67. The van der Waals surface area contributed by atoms with E-state index in [1.54, 1.807) is 22.7 Å². The van der Waals surface area contributed by atoms with Crippen molar-refractivity contribution >= 4 is 22.7 Å². The molecule has 1 fully saturated rings. The first-order chi connectivity index (χ1) is 9.35. The Morgan fingerprint density at radius 3 is 3.26 bits per heavy atom. The molecular formula is C13H17N3OS2. The Kier molecular flexibility index (Phi) is 4.24. The summed E-state index contributed by atoms with van der Waals surface area (Å²) in [7, 11) is 0. The Balaban J connectivity index is 1.64. The zero-order valence-corrected chi connectivity index (χ0v) is 12.3. The van der Waals surface area contributed by atoms with Gasteiger partial charge in [-0.05, 0) is 11.4 Å². The number of aromatic nitrogens is 1. The van der Waals surface area contributed by atoms with Crippen molar-refractivity contribution in [2.24, 2.45) is 5.73 Å². The van der Waals surface area contributed by atoms with Crippen LogP contribution in [-0.4, -0.2) is 42.2 Å². The van der Waals surface area contributed by atoms with Gasteiger partial charge in [0.2, 0.25) is 0 Å². The van der Waals surface area contributed by atoms with Crippen molar-refractivity contribution in [3.05, 3.63) is 27.9 Å². The highest BCUT2D eigenvalue weighted by Gasteiger charge is 2.19. The van der Waals surface area contributed by atoms with Crippen LogP contribution in [0.5, 0.6) is 0 Å². The summed E-state index contributed by atoms with van der Waals surface area (Å²) in [5, 5.41) is 5.34. The number of nitrogens with two attached hydrogens (primary N) is 1. The number of nitrogens with zero attached hydrogens (tertiary/aromatic N) is 2. The molecule has 2 aromatic heterocycles. The molecule has 0 amide bonds. The number of hydrogen-bond donors (Lipinski definition) is 1. The van der Waals surface area contributed by atoms with E-state index in [-0.39, 0.29) is 6.10 Å². The Morgan fingerprint density at radius 2 is 2.47 bits per heavy atom. The lowest BCUT2D eigenvalue weighted by molar-refractivity contribution is -0.0257. The maximum atomic E-state index is 5.67. The lowest BCUT2D eigenvalue weighted by atomic mass is 10.2. The molecule has 0 spiro atoms. The molecule has 3 rings (SSSR count). The third kappa shape index (κ3) is 3.21. The smallest absolute Gasteiger partial charge is 0.124 e. The molecule has 0 saturated carbocycles. The fraction of sp³-hybridized carbons (Fsp3) is 0.462. The van der Waals surface area contributed by atoms with Crippen LogP contribution < -0.4 is 5.73 Å². The van der Waals surface area contributed by atoms with Gasteiger partial charge in [0.15, 0.2) is 0 Å². The molecule has 19 heavy (non-hydrogen) atoms. The first kappa shape index (κ1) is 13.2. The molecule has 2 N–H and O–H groups in total. The zero-order chi connectivity index (χ0) is 13.1. The van der Waals surface area contributed by atoms with Gasteiger partial charge in [0.1, 0.15) is 5.01 Å². The number of thiazole rings is 1. The van der Waals surface area contributed by atoms with Gasteiger partial charge in [-0.25, -0.2) is 4.98 Å². The van der Waals surface area contributed by atoms with E-state index < -0.39 is 0 Å². The molecule has 1 atom stereocenters. The van der Waals surface area contributed by atoms with E-state index in [0.717, 1.165) is 31.2 Å². The number of rotatable bonds is 4. The molecular weight excluding hydrogens is 278 g/mol. The minimum atomic E-state index is 0.179.